The summed E-state index contributed by atoms with van der Waals surface area (Å²) in [5.41, 5.74) is 0.811. The first kappa shape index (κ1) is 26.3. The average molecular weight is 485 g/mol. The topological polar surface area (TPSA) is 101 Å². The Balaban J connectivity index is 1.91. The minimum Gasteiger partial charge on any atom is -0.493 e. The summed E-state index contributed by atoms with van der Waals surface area (Å²) in [7, 11) is 1.54. The Kier molecular flexibility index (Phi) is 8.56. The van der Waals surface area contributed by atoms with Crippen LogP contribution in [0.1, 0.15) is 33.3 Å². The van der Waals surface area contributed by atoms with Crippen molar-refractivity contribution in [1.29, 1.82) is 0 Å². The van der Waals surface area contributed by atoms with Crippen LogP contribution in [0.3, 0.4) is 0 Å². The molecule has 0 aliphatic heterocycles. The number of aliphatic hydroxyl groups excluding tert-OH is 1. The quantitative estimate of drug-likeness (QED) is 0.397. The minimum absolute atomic E-state index is 0.115. The highest BCUT2D eigenvalue weighted by molar-refractivity contribution is 5.70. The molecule has 9 nitrogen and oxygen atoms in total. The van der Waals surface area contributed by atoms with Crippen LogP contribution in [0.15, 0.2) is 46.8 Å². The van der Waals surface area contributed by atoms with Crippen molar-refractivity contribution in [3.05, 3.63) is 63.6 Å². The number of fused-ring (bicyclic) bond motifs is 1. The minimum atomic E-state index is -1.09. The van der Waals surface area contributed by atoms with Crippen LogP contribution < -0.4 is 20.7 Å². The van der Waals surface area contributed by atoms with Crippen molar-refractivity contribution >= 4 is 11.2 Å². The molecule has 1 aromatic carbocycles. The molecule has 190 valence electrons. The lowest BCUT2D eigenvalue weighted by molar-refractivity contribution is 0.0886. The molecule has 35 heavy (non-hydrogen) atoms. The van der Waals surface area contributed by atoms with Gasteiger partial charge in [0.15, 0.2) is 22.7 Å². The molecule has 2 aromatic heterocycles. The van der Waals surface area contributed by atoms with Gasteiger partial charge < -0.3 is 19.1 Å². The molecule has 0 aliphatic rings. The van der Waals surface area contributed by atoms with Crippen LogP contribution in [0.5, 0.6) is 11.5 Å². The molecular formula is C26H36N4O5. The second-order valence-corrected chi connectivity index (χ2v) is 9.61. The van der Waals surface area contributed by atoms with Crippen LogP contribution in [0, 0.1) is 11.8 Å². The van der Waals surface area contributed by atoms with Gasteiger partial charge in [-0.1, -0.05) is 39.8 Å². The molecule has 0 spiro atoms. The number of aromatic nitrogens is 4. The number of rotatable bonds is 12. The third-order valence-electron chi connectivity index (χ3n) is 5.53. The maximum absolute atomic E-state index is 13.4. The summed E-state index contributed by atoms with van der Waals surface area (Å²) in [6.07, 6.45) is 3.01. The van der Waals surface area contributed by atoms with Gasteiger partial charge in [-0.05, 0) is 36.0 Å². The van der Waals surface area contributed by atoms with Gasteiger partial charge in [0.1, 0.15) is 12.7 Å². The zero-order valence-electron chi connectivity index (χ0n) is 21.2. The van der Waals surface area contributed by atoms with E-state index in [1.807, 2.05) is 39.8 Å². The Labute approximate surface area is 205 Å². The van der Waals surface area contributed by atoms with E-state index in [2.05, 4.69) is 11.6 Å². The summed E-state index contributed by atoms with van der Waals surface area (Å²) in [6, 6.07) is 5.51. The lowest BCUT2D eigenvalue weighted by atomic mass is 10.1. The fourth-order valence-electron chi connectivity index (χ4n) is 4.04. The number of methoxy groups -OCH3 is 1. The number of hydrogen-bond donors (Lipinski definition) is 1. The first-order valence-corrected chi connectivity index (χ1v) is 11.9. The van der Waals surface area contributed by atoms with Crippen molar-refractivity contribution in [3.8, 4) is 11.5 Å². The van der Waals surface area contributed by atoms with E-state index < -0.39 is 17.4 Å². The van der Waals surface area contributed by atoms with Gasteiger partial charge in [0.05, 0.1) is 20.0 Å². The lowest BCUT2D eigenvalue weighted by Gasteiger charge is -2.18. The molecule has 3 aromatic rings. The summed E-state index contributed by atoms with van der Waals surface area (Å²) >= 11 is 0. The Morgan fingerprint density at radius 3 is 2.40 bits per heavy atom. The van der Waals surface area contributed by atoms with Crippen LogP contribution in [0.25, 0.3) is 11.2 Å². The van der Waals surface area contributed by atoms with Gasteiger partial charge in [0.2, 0.25) is 0 Å². The number of hydrogen-bond acceptors (Lipinski definition) is 6. The third kappa shape index (κ3) is 6.03. The average Bonchev–Trinajstić information content (AvgIpc) is 3.21. The van der Waals surface area contributed by atoms with Crippen LogP contribution >= 0.6 is 0 Å². The zero-order valence-corrected chi connectivity index (χ0v) is 21.2. The summed E-state index contributed by atoms with van der Waals surface area (Å²) in [5.74, 6) is 1.46. The van der Waals surface area contributed by atoms with E-state index in [4.69, 9.17) is 9.47 Å². The molecule has 0 aliphatic carbocycles. The van der Waals surface area contributed by atoms with Crippen LogP contribution in [-0.2, 0) is 26.1 Å². The molecule has 0 unspecified atom stereocenters. The molecule has 1 N–H and O–H groups in total. The van der Waals surface area contributed by atoms with Gasteiger partial charge in [0.25, 0.3) is 5.56 Å². The molecule has 1 atom stereocenters. The monoisotopic (exact) mass is 484 g/mol. The Morgan fingerprint density at radius 2 is 1.77 bits per heavy atom. The number of benzene rings is 1. The second-order valence-electron chi connectivity index (χ2n) is 9.61. The highest BCUT2D eigenvalue weighted by Gasteiger charge is 2.21. The van der Waals surface area contributed by atoms with E-state index in [-0.39, 0.29) is 25.0 Å². The van der Waals surface area contributed by atoms with Crippen molar-refractivity contribution in [2.75, 3.05) is 13.7 Å². The van der Waals surface area contributed by atoms with Gasteiger partial charge in [0, 0.05) is 13.1 Å². The van der Waals surface area contributed by atoms with Gasteiger partial charge >= 0.3 is 5.69 Å². The molecular weight excluding hydrogens is 448 g/mol. The highest BCUT2D eigenvalue weighted by atomic mass is 16.5. The number of ether oxygens (including phenoxy) is 2. The standard InChI is InChI=1S/C26H36N4O5/c1-7-8-19-9-10-21(22(11-19)34-6)35-15-20(31)14-30-25(32)23-24(27-16-28(23)12-17(2)3)29(26(30)33)13-18(4)5/h7,9-11,16-18,20,31H,1,8,12-15H2,2-6H3/t20-/m1/s1. The van der Waals surface area contributed by atoms with E-state index in [0.29, 0.717) is 42.2 Å². The molecule has 0 saturated carbocycles. The first-order valence-electron chi connectivity index (χ1n) is 11.9. The maximum Gasteiger partial charge on any atom is 0.332 e. The summed E-state index contributed by atoms with van der Waals surface area (Å²) in [6.45, 7) is 12.5. The van der Waals surface area contributed by atoms with E-state index in [1.165, 1.54) is 4.57 Å². The Morgan fingerprint density at radius 1 is 1.06 bits per heavy atom. The first-order chi connectivity index (χ1) is 16.7. The number of nitrogens with zero attached hydrogens (tertiary/aromatic N) is 4. The predicted molar refractivity (Wildman–Crippen MR) is 136 cm³/mol. The fraction of sp³-hybridized carbons (Fsp3) is 0.500. The molecule has 0 fully saturated rings. The molecule has 0 radical (unpaired) electrons. The van der Waals surface area contributed by atoms with Crippen molar-refractivity contribution in [2.24, 2.45) is 11.8 Å². The largest absolute Gasteiger partial charge is 0.493 e. The van der Waals surface area contributed by atoms with Crippen LogP contribution in [-0.4, -0.2) is 43.6 Å². The predicted octanol–water partition coefficient (Wildman–Crippen LogP) is 2.85. The Bertz CT molecular complexity index is 1290. The molecule has 2 heterocycles. The van der Waals surface area contributed by atoms with Gasteiger partial charge in [-0.3, -0.25) is 13.9 Å². The van der Waals surface area contributed by atoms with Gasteiger partial charge in [-0.15, -0.1) is 6.58 Å². The molecule has 0 amide bonds. The highest BCUT2D eigenvalue weighted by Crippen LogP contribution is 2.28. The number of imidazole rings is 1. The fourth-order valence-corrected chi connectivity index (χ4v) is 4.04. The van der Waals surface area contributed by atoms with E-state index in [1.54, 1.807) is 30.1 Å². The molecule has 0 saturated heterocycles. The maximum atomic E-state index is 13.4. The van der Waals surface area contributed by atoms with Gasteiger partial charge in [-0.2, -0.15) is 0 Å². The number of allylic oxidation sites excluding steroid dienone is 1. The summed E-state index contributed by atoms with van der Waals surface area (Å²) < 4.78 is 15.6. The van der Waals surface area contributed by atoms with Crippen molar-refractivity contribution < 1.29 is 14.6 Å². The molecule has 9 heteroatoms. The van der Waals surface area contributed by atoms with Crippen molar-refractivity contribution in [2.45, 2.75) is 59.9 Å². The smallest absolute Gasteiger partial charge is 0.332 e. The SMILES string of the molecule is C=CCc1ccc(OC[C@H](O)Cn2c(=O)c3c(ncn3CC(C)C)n(CC(C)C)c2=O)c(OC)c1. The zero-order chi connectivity index (χ0) is 25.7. The molecule has 3 rings (SSSR count). The number of aliphatic hydroxyl groups is 1. The molecule has 0 bridgehead atoms. The summed E-state index contributed by atoms with van der Waals surface area (Å²) in [4.78, 5) is 31.0. The van der Waals surface area contributed by atoms with Crippen LogP contribution in [0.4, 0.5) is 0 Å². The van der Waals surface area contributed by atoms with Crippen LogP contribution in [0.2, 0.25) is 0 Å². The van der Waals surface area contributed by atoms with Gasteiger partial charge in [-0.25, -0.2) is 9.78 Å². The Hall–Kier alpha value is -3.33. The normalized spacial score (nSPS) is 12.5. The second kappa shape index (κ2) is 11.4. The van der Waals surface area contributed by atoms with Crippen molar-refractivity contribution in [3.63, 3.8) is 0 Å². The van der Waals surface area contributed by atoms with E-state index in [0.717, 1.165) is 10.1 Å². The third-order valence-corrected chi connectivity index (χ3v) is 5.53. The lowest BCUT2D eigenvalue weighted by Crippen LogP contribution is -2.44. The van der Waals surface area contributed by atoms with E-state index in [9.17, 15) is 14.7 Å². The van der Waals surface area contributed by atoms with E-state index >= 15 is 0 Å². The summed E-state index contributed by atoms with van der Waals surface area (Å²) in [5, 5.41) is 10.7. The van der Waals surface area contributed by atoms with Crippen molar-refractivity contribution in [1.82, 2.24) is 18.7 Å².